The van der Waals surface area contributed by atoms with Crippen LogP contribution in [0.5, 0.6) is 0 Å². The number of likely N-dealkylation sites (tertiary alicyclic amines) is 1. The molecule has 0 aromatic carbocycles. The van der Waals surface area contributed by atoms with Crippen molar-refractivity contribution in [1.82, 2.24) is 10.1 Å². The van der Waals surface area contributed by atoms with Gasteiger partial charge < -0.3 is 18.9 Å². The number of hydrogen-bond acceptors (Lipinski definition) is 5. The van der Waals surface area contributed by atoms with Crippen LogP contribution in [0.25, 0.3) is 0 Å². The highest BCUT2D eigenvalue weighted by molar-refractivity contribution is 5.94. The summed E-state index contributed by atoms with van der Waals surface area (Å²) in [5.74, 6) is 0.852. The van der Waals surface area contributed by atoms with E-state index in [1.165, 1.54) is 0 Å². The summed E-state index contributed by atoms with van der Waals surface area (Å²) in [6.45, 7) is 1.91. The zero-order valence-corrected chi connectivity index (χ0v) is 13.0. The van der Waals surface area contributed by atoms with Crippen LogP contribution >= 0.6 is 0 Å². The number of hydrogen-bond donors (Lipinski definition) is 0. The molecule has 1 amide bonds. The van der Waals surface area contributed by atoms with E-state index >= 15 is 0 Å². The molecule has 4 rings (SSSR count). The van der Waals surface area contributed by atoms with Gasteiger partial charge >= 0.3 is 0 Å². The first-order chi connectivity index (χ1) is 10.7. The third-order valence-electron chi connectivity index (χ3n) is 5.29. The molecule has 6 nitrogen and oxygen atoms in total. The van der Waals surface area contributed by atoms with E-state index < -0.39 is 0 Å². The number of nitrogens with zero attached hydrogens (tertiary/aromatic N) is 2. The minimum absolute atomic E-state index is 0.0404. The second-order valence-corrected chi connectivity index (χ2v) is 6.57. The Kier molecular flexibility index (Phi) is 3.46. The molecular weight excluding hydrogens is 284 g/mol. The van der Waals surface area contributed by atoms with Gasteiger partial charge in [-0.2, -0.15) is 0 Å². The first kappa shape index (κ1) is 14.2. The molecule has 1 aliphatic carbocycles. The first-order valence-electron chi connectivity index (χ1n) is 8.17. The summed E-state index contributed by atoms with van der Waals surface area (Å²) in [6, 6.07) is 0. The maximum Gasteiger partial charge on any atom is 0.276 e. The Morgan fingerprint density at radius 3 is 3.00 bits per heavy atom. The molecule has 2 saturated heterocycles. The van der Waals surface area contributed by atoms with Gasteiger partial charge in [0.1, 0.15) is 17.5 Å². The highest BCUT2D eigenvalue weighted by Gasteiger charge is 2.52. The van der Waals surface area contributed by atoms with E-state index in [0.29, 0.717) is 18.8 Å². The minimum atomic E-state index is -0.325. The number of amides is 1. The average molecular weight is 306 g/mol. The van der Waals surface area contributed by atoms with Crippen molar-refractivity contribution in [1.29, 1.82) is 0 Å². The van der Waals surface area contributed by atoms with Crippen LogP contribution < -0.4 is 0 Å². The van der Waals surface area contributed by atoms with Gasteiger partial charge in [-0.25, -0.2) is 0 Å². The lowest BCUT2D eigenvalue weighted by atomic mass is 9.96. The molecule has 1 aromatic heterocycles. The molecule has 0 saturated carbocycles. The van der Waals surface area contributed by atoms with Gasteiger partial charge in [-0.1, -0.05) is 5.16 Å². The van der Waals surface area contributed by atoms with E-state index in [1.54, 1.807) is 7.11 Å². The van der Waals surface area contributed by atoms with Crippen LogP contribution in [0, 0.1) is 0 Å². The van der Waals surface area contributed by atoms with Crippen LogP contribution in [-0.2, 0) is 22.3 Å². The maximum atomic E-state index is 12.9. The Labute approximate surface area is 129 Å². The Morgan fingerprint density at radius 2 is 2.23 bits per heavy atom. The highest BCUT2D eigenvalue weighted by Crippen LogP contribution is 2.37. The van der Waals surface area contributed by atoms with E-state index in [0.717, 1.165) is 56.5 Å². The fraction of sp³-hybridized carbons (Fsp3) is 0.750. The monoisotopic (exact) mass is 306 g/mol. The topological polar surface area (TPSA) is 64.8 Å². The molecule has 22 heavy (non-hydrogen) atoms. The molecule has 2 atom stereocenters. The van der Waals surface area contributed by atoms with Crippen molar-refractivity contribution in [2.45, 2.75) is 50.2 Å². The largest absolute Gasteiger partial charge is 0.377 e. The van der Waals surface area contributed by atoms with Crippen molar-refractivity contribution in [3.63, 3.8) is 0 Å². The summed E-state index contributed by atoms with van der Waals surface area (Å²) < 4.78 is 16.9. The van der Waals surface area contributed by atoms with Crippen LogP contribution in [0.1, 0.15) is 47.5 Å². The quantitative estimate of drug-likeness (QED) is 0.830. The van der Waals surface area contributed by atoms with Crippen molar-refractivity contribution >= 4 is 5.91 Å². The van der Waals surface area contributed by atoms with Gasteiger partial charge in [0.2, 0.25) is 0 Å². The smallest absolute Gasteiger partial charge is 0.276 e. The summed E-state index contributed by atoms with van der Waals surface area (Å²) in [5, 5.41) is 4.06. The molecule has 120 valence electrons. The number of methoxy groups -OCH3 is 1. The Morgan fingerprint density at radius 1 is 1.36 bits per heavy atom. The fourth-order valence-corrected chi connectivity index (χ4v) is 4.10. The van der Waals surface area contributed by atoms with E-state index in [9.17, 15) is 4.79 Å². The lowest BCUT2D eigenvalue weighted by Crippen LogP contribution is -2.42. The predicted octanol–water partition coefficient (Wildman–Crippen LogP) is 1.57. The fourth-order valence-electron chi connectivity index (χ4n) is 4.10. The van der Waals surface area contributed by atoms with Crippen LogP contribution in [0.4, 0.5) is 0 Å². The number of carbonyl (C=O) groups excluding carboxylic acids is 1. The molecule has 6 heteroatoms. The standard InChI is InChI=1S/C16H22N2O4/c1-20-13-9-18(10-16(13)7-4-8-21-16)15(19)14-11-5-2-3-6-12(11)22-17-14/h13H,2-10H2,1H3/t13-,16-/m0/s1. The van der Waals surface area contributed by atoms with Gasteiger partial charge in [-0.05, 0) is 32.1 Å². The highest BCUT2D eigenvalue weighted by atomic mass is 16.6. The lowest BCUT2D eigenvalue weighted by molar-refractivity contribution is -0.0755. The van der Waals surface area contributed by atoms with Crippen LogP contribution in [0.3, 0.4) is 0 Å². The van der Waals surface area contributed by atoms with Gasteiger partial charge in [0.05, 0.1) is 13.1 Å². The number of ether oxygens (including phenoxy) is 2. The summed E-state index contributed by atoms with van der Waals surface area (Å²) in [6.07, 6.45) is 5.92. The van der Waals surface area contributed by atoms with Gasteiger partial charge in [-0.3, -0.25) is 4.79 Å². The zero-order chi connectivity index (χ0) is 15.2. The number of fused-ring (bicyclic) bond motifs is 1. The van der Waals surface area contributed by atoms with Crippen molar-refractivity contribution in [2.75, 3.05) is 26.8 Å². The Hall–Kier alpha value is -1.40. The minimum Gasteiger partial charge on any atom is -0.377 e. The van der Waals surface area contributed by atoms with Crippen molar-refractivity contribution in [3.8, 4) is 0 Å². The predicted molar refractivity (Wildman–Crippen MR) is 77.8 cm³/mol. The van der Waals surface area contributed by atoms with Crippen LogP contribution in [-0.4, -0.2) is 54.5 Å². The molecule has 1 spiro atoms. The normalized spacial score (nSPS) is 31.0. The van der Waals surface area contributed by atoms with Crippen LogP contribution in [0.2, 0.25) is 0 Å². The van der Waals surface area contributed by atoms with Crippen molar-refractivity contribution in [2.24, 2.45) is 0 Å². The summed E-state index contributed by atoms with van der Waals surface area (Å²) in [5.41, 5.74) is 1.19. The first-order valence-corrected chi connectivity index (χ1v) is 8.17. The zero-order valence-electron chi connectivity index (χ0n) is 13.0. The molecule has 0 bridgehead atoms. The maximum absolute atomic E-state index is 12.9. The molecule has 3 aliphatic rings. The van der Waals surface area contributed by atoms with Gasteiger partial charge in [-0.15, -0.1) is 0 Å². The Balaban J connectivity index is 1.57. The third-order valence-corrected chi connectivity index (χ3v) is 5.29. The molecule has 0 unspecified atom stereocenters. The lowest BCUT2D eigenvalue weighted by Gasteiger charge is -2.27. The molecular formula is C16H22N2O4. The number of aromatic nitrogens is 1. The van der Waals surface area contributed by atoms with Crippen LogP contribution in [0.15, 0.2) is 4.52 Å². The number of aryl methyl sites for hydroxylation is 1. The molecule has 0 N–H and O–H groups in total. The number of rotatable bonds is 2. The Bertz CT molecular complexity index is 577. The average Bonchev–Trinajstić information content (AvgIpc) is 3.26. The summed E-state index contributed by atoms with van der Waals surface area (Å²) >= 11 is 0. The molecule has 0 radical (unpaired) electrons. The van der Waals surface area contributed by atoms with E-state index in [-0.39, 0.29) is 17.6 Å². The molecule has 2 aliphatic heterocycles. The van der Waals surface area contributed by atoms with Gasteiger partial charge in [0.15, 0.2) is 5.69 Å². The summed E-state index contributed by atoms with van der Waals surface area (Å²) in [4.78, 5) is 14.7. The molecule has 3 heterocycles. The summed E-state index contributed by atoms with van der Waals surface area (Å²) in [7, 11) is 1.69. The van der Waals surface area contributed by atoms with E-state index in [1.807, 2.05) is 4.90 Å². The molecule has 1 aromatic rings. The second-order valence-electron chi connectivity index (χ2n) is 6.57. The van der Waals surface area contributed by atoms with Gasteiger partial charge in [0, 0.05) is 25.7 Å². The molecule has 2 fully saturated rings. The van der Waals surface area contributed by atoms with E-state index in [4.69, 9.17) is 14.0 Å². The van der Waals surface area contributed by atoms with Crippen molar-refractivity contribution < 1.29 is 18.8 Å². The third kappa shape index (κ3) is 2.08. The van der Waals surface area contributed by atoms with E-state index in [2.05, 4.69) is 5.16 Å². The number of carbonyl (C=O) groups is 1. The SMILES string of the molecule is CO[C@H]1CN(C(=O)c2noc3c2CCCC3)C[C@@]12CCCO2. The van der Waals surface area contributed by atoms with Gasteiger partial charge in [0.25, 0.3) is 5.91 Å². The second kappa shape index (κ2) is 5.35. The van der Waals surface area contributed by atoms with Crippen molar-refractivity contribution in [3.05, 3.63) is 17.0 Å².